The molecule has 0 radical (unpaired) electrons. The Balaban J connectivity index is 0.00000308. The molecule has 3 aliphatic heterocycles. The van der Waals surface area contributed by atoms with Gasteiger partial charge < -0.3 is 30.3 Å². The molecule has 12 nitrogen and oxygen atoms in total. The number of hydrogen-bond acceptors (Lipinski definition) is 9. The number of pyridine rings is 1. The number of carboxylic acid groups (broad SMARTS) is 1. The molecule has 2 amide bonds. The fraction of sp³-hybridized carbons (Fsp3) is 0.308. The predicted molar refractivity (Wildman–Crippen MR) is 149 cm³/mol. The molecule has 0 aliphatic carbocycles. The van der Waals surface area contributed by atoms with Gasteiger partial charge >= 0.3 is 5.97 Å². The van der Waals surface area contributed by atoms with Gasteiger partial charge in [-0.3, -0.25) is 14.4 Å². The smallest absolute Gasteiger partial charge is 0.322 e. The quantitative estimate of drug-likeness (QED) is 0.401. The molecule has 0 unspecified atom stereocenters. The minimum Gasteiger partial charge on any atom is -0.480 e. The van der Waals surface area contributed by atoms with Gasteiger partial charge in [0.2, 0.25) is 23.6 Å². The van der Waals surface area contributed by atoms with Crippen LogP contribution in [0.3, 0.4) is 0 Å². The highest BCUT2D eigenvalue weighted by atomic mass is 32.1. The molecule has 2 aromatic heterocycles. The molecule has 5 heterocycles. The number of carbonyl (C=O) groups excluding carboxylic acids is 2. The van der Waals surface area contributed by atoms with E-state index in [0.29, 0.717) is 54.6 Å². The molecule has 2 saturated heterocycles. The first-order valence-electron chi connectivity index (χ1n) is 12.4. The third-order valence-corrected chi connectivity index (χ3v) is 6.84. The Hall–Kier alpha value is -4.39. The standard InChI is InChI=1S/C26H25N7O5.H2S/c34-21-2-1-9-32(21)17-5-3-15(4-6-17)19-12-29-26(31-24(19)27-13-23(36)37)30-16-10-20-25(28-11-16)38-14-18-7-8-22(35)33(18)20;/h3-6,10-12,18H,1-2,7-9,13-14H2,(H,36,37)(H2,27,29,30,31);1H2/t18-;/m0./s1. The fourth-order valence-corrected chi connectivity index (χ4v) is 5.02. The molecule has 6 rings (SSSR count). The van der Waals surface area contributed by atoms with Crippen molar-refractivity contribution >= 4 is 60.1 Å². The summed E-state index contributed by atoms with van der Waals surface area (Å²) in [6.07, 6.45) is 5.78. The van der Waals surface area contributed by atoms with E-state index in [4.69, 9.17) is 4.74 Å². The zero-order valence-corrected chi connectivity index (χ0v) is 21.9. The summed E-state index contributed by atoms with van der Waals surface area (Å²) in [5.41, 5.74) is 3.36. The fourth-order valence-electron chi connectivity index (χ4n) is 5.02. The van der Waals surface area contributed by atoms with Crippen molar-refractivity contribution in [3.63, 3.8) is 0 Å². The molecular weight excluding hydrogens is 522 g/mol. The Bertz CT molecular complexity index is 1430. The molecule has 1 atom stereocenters. The van der Waals surface area contributed by atoms with Gasteiger partial charge in [0.25, 0.3) is 0 Å². The van der Waals surface area contributed by atoms with Crippen LogP contribution in [-0.2, 0) is 14.4 Å². The molecule has 2 fully saturated rings. The molecule has 0 spiro atoms. The number of aliphatic carboxylic acids is 1. The second-order valence-electron chi connectivity index (χ2n) is 9.34. The Morgan fingerprint density at radius 3 is 2.67 bits per heavy atom. The number of ether oxygens (including phenoxy) is 1. The SMILES string of the molecule is O=C(O)CNc1nc(Nc2cnc3c(c2)N2C(=O)CC[C@H]2CO3)ncc1-c1ccc(N2CCCC2=O)cc1.S. The summed E-state index contributed by atoms with van der Waals surface area (Å²) in [5, 5.41) is 15.2. The van der Waals surface area contributed by atoms with Crippen molar-refractivity contribution in [2.24, 2.45) is 0 Å². The Kier molecular flexibility index (Phi) is 7.24. The molecule has 3 N–H and O–H groups in total. The van der Waals surface area contributed by atoms with E-state index in [1.165, 1.54) is 0 Å². The minimum atomic E-state index is -1.03. The summed E-state index contributed by atoms with van der Waals surface area (Å²) in [4.78, 5) is 52.5. The molecule has 202 valence electrons. The van der Waals surface area contributed by atoms with Crippen LogP contribution in [0.5, 0.6) is 5.88 Å². The number of aromatic nitrogens is 3. The number of amides is 2. The number of anilines is 5. The van der Waals surface area contributed by atoms with Crippen molar-refractivity contribution in [3.8, 4) is 17.0 Å². The van der Waals surface area contributed by atoms with Crippen molar-refractivity contribution in [1.82, 2.24) is 15.0 Å². The van der Waals surface area contributed by atoms with Crippen molar-refractivity contribution < 1.29 is 24.2 Å². The summed E-state index contributed by atoms with van der Waals surface area (Å²) in [6.45, 7) is 0.792. The molecule has 3 aliphatic rings. The van der Waals surface area contributed by atoms with Crippen molar-refractivity contribution in [2.75, 3.05) is 40.1 Å². The number of fused-ring (bicyclic) bond motifs is 3. The number of carboxylic acids is 1. The molecule has 0 bridgehead atoms. The normalized spacial score (nSPS) is 17.7. The van der Waals surface area contributed by atoms with Gasteiger partial charge in [-0.25, -0.2) is 9.97 Å². The number of benzene rings is 1. The molecule has 0 saturated carbocycles. The van der Waals surface area contributed by atoms with E-state index in [9.17, 15) is 19.5 Å². The third kappa shape index (κ3) is 5.17. The maximum atomic E-state index is 12.4. The number of nitrogens with zero attached hydrogens (tertiary/aromatic N) is 5. The molecule has 13 heteroatoms. The van der Waals surface area contributed by atoms with E-state index in [2.05, 4.69) is 25.6 Å². The van der Waals surface area contributed by atoms with Crippen LogP contribution in [0.4, 0.5) is 28.8 Å². The average molecular weight is 550 g/mol. The monoisotopic (exact) mass is 549 g/mol. The van der Waals surface area contributed by atoms with Gasteiger partial charge in [-0.2, -0.15) is 18.5 Å². The second-order valence-corrected chi connectivity index (χ2v) is 9.34. The number of hydrogen-bond donors (Lipinski definition) is 3. The van der Waals surface area contributed by atoms with Crippen LogP contribution in [0, 0.1) is 0 Å². The van der Waals surface area contributed by atoms with Gasteiger partial charge in [-0.05, 0) is 36.6 Å². The average Bonchev–Trinajstić information content (AvgIpc) is 3.53. The van der Waals surface area contributed by atoms with Crippen LogP contribution in [0.2, 0.25) is 0 Å². The summed E-state index contributed by atoms with van der Waals surface area (Å²) >= 11 is 0. The number of rotatable bonds is 7. The van der Waals surface area contributed by atoms with Crippen molar-refractivity contribution in [1.29, 1.82) is 0 Å². The van der Waals surface area contributed by atoms with Gasteiger partial charge in [-0.15, -0.1) is 0 Å². The predicted octanol–water partition coefficient (Wildman–Crippen LogP) is 2.91. The van der Waals surface area contributed by atoms with Gasteiger partial charge in [0.1, 0.15) is 24.7 Å². The lowest BCUT2D eigenvalue weighted by Crippen LogP contribution is -2.40. The highest BCUT2D eigenvalue weighted by Crippen LogP contribution is 2.39. The van der Waals surface area contributed by atoms with Crippen LogP contribution in [-0.4, -0.2) is 63.6 Å². The zero-order chi connectivity index (χ0) is 26.2. The van der Waals surface area contributed by atoms with E-state index < -0.39 is 5.97 Å². The van der Waals surface area contributed by atoms with Crippen LogP contribution in [0.1, 0.15) is 25.7 Å². The van der Waals surface area contributed by atoms with Crippen molar-refractivity contribution in [3.05, 3.63) is 42.7 Å². The Morgan fingerprint density at radius 2 is 1.92 bits per heavy atom. The summed E-state index contributed by atoms with van der Waals surface area (Å²) in [5.74, 6) is 0.0760. The Labute approximate surface area is 230 Å². The van der Waals surface area contributed by atoms with Gasteiger partial charge in [-0.1, -0.05) is 12.1 Å². The van der Waals surface area contributed by atoms with E-state index in [-0.39, 0.29) is 43.8 Å². The van der Waals surface area contributed by atoms with Gasteiger partial charge in [0.15, 0.2) is 0 Å². The maximum Gasteiger partial charge on any atom is 0.322 e. The second kappa shape index (κ2) is 10.8. The first kappa shape index (κ1) is 26.2. The molecule has 3 aromatic rings. The van der Waals surface area contributed by atoms with Gasteiger partial charge in [0, 0.05) is 36.8 Å². The van der Waals surface area contributed by atoms with Crippen LogP contribution < -0.4 is 25.2 Å². The largest absolute Gasteiger partial charge is 0.480 e. The summed E-state index contributed by atoms with van der Waals surface area (Å²) in [6, 6.07) is 9.21. The first-order valence-corrected chi connectivity index (χ1v) is 12.4. The number of nitrogens with one attached hydrogen (secondary N) is 2. The van der Waals surface area contributed by atoms with E-state index in [1.54, 1.807) is 28.3 Å². The molecule has 39 heavy (non-hydrogen) atoms. The van der Waals surface area contributed by atoms with E-state index in [1.807, 2.05) is 24.3 Å². The van der Waals surface area contributed by atoms with Crippen LogP contribution >= 0.6 is 13.5 Å². The highest BCUT2D eigenvalue weighted by molar-refractivity contribution is 7.59. The van der Waals surface area contributed by atoms with E-state index >= 15 is 0 Å². The van der Waals surface area contributed by atoms with Crippen molar-refractivity contribution in [2.45, 2.75) is 31.7 Å². The van der Waals surface area contributed by atoms with Crippen LogP contribution in [0.25, 0.3) is 11.1 Å². The van der Waals surface area contributed by atoms with E-state index in [0.717, 1.165) is 24.1 Å². The van der Waals surface area contributed by atoms with Gasteiger partial charge in [0.05, 0.1) is 17.9 Å². The third-order valence-electron chi connectivity index (χ3n) is 6.84. The first-order chi connectivity index (χ1) is 18.5. The lowest BCUT2D eigenvalue weighted by molar-refractivity contribution is -0.135. The Morgan fingerprint density at radius 1 is 1.10 bits per heavy atom. The summed E-state index contributed by atoms with van der Waals surface area (Å²) < 4.78 is 5.72. The zero-order valence-electron chi connectivity index (χ0n) is 20.9. The van der Waals surface area contributed by atoms with Crippen LogP contribution in [0.15, 0.2) is 42.7 Å². The lowest BCUT2D eigenvalue weighted by Gasteiger charge is -2.31. The minimum absolute atomic E-state index is 0. The summed E-state index contributed by atoms with van der Waals surface area (Å²) in [7, 11) is 0. The molecular formula is C26H27N7O5S. The topological polar surface area (TPSA) is 150 Å². The lowest BCUT2D eigenvalue weighted by atomic mass is 10.1. The molecule has 1 aromatic carbocycles. The number of carbonyl (C=O) groups is 3. The highest BCUT2D eigenvalue weighted by Gasteiger charge is 2.38. The maximum absolute atomic E-state index is 12.4.